The van der Waals surface area contributed by atoms with Gasteiger partial charge in [-0.1, -0.05) is 0 Å². The zero-order valence-electron chi connectivity index (χ0n) is 4.01. The molecule has 0 saturated carbocycles. The number of hydrogen-bond acceptors (Lipinski definition) is 2. The summed E-state index contributed by atoms with van der Waals surface area (Å²) in [7, 11) is -2.36. The van der Waals surface area contributed by atoms with Crippen LogP contribution in [0.1, 0.15) is 0 Å². The van der Waals surface area contributed by atoms with Crippen LogP contribution in [-0.4, -0.2) is 25.4 Å². The highest BCUT2D eigenvalue weighted by Gasteiger charge is 2.01. The van der Waals surface area contributed by atoms with E-state index < -0.39 is 16.1 Å². The van der Waals surface area contributed by atoms with Crippen LogP contribution in [0.4, 0.5) is 0 Å². The summed E-state index contributed by atoms with van der Waals surface area (Å²) < 4.78 is 19.7. The summed E-state index contributed by atoms with van der Waals surface area (Å²) in [5.74, 6) is 0.158. The van der Waals surface area contributed by atoms with Crippen molar-refractivity contribution >= 4 is 33.9 Å². The van der Waals surface area contributed by atoms with Crippen LogP contribution in [0, 0.1) is 0 Å². The molecule has 0 bridgehead atoms. The standard InChI is InChI=1S/C3H6Cl2O2S/c4-1-3(5)2-8(6)7/h3,8H,1-2H2. The number of alkyl halides is 2. The lowest BCUT2D eigenvalue weighted by atomic mass is 10.6. The zero-order chi connectivity index (χ0) is 6.57. The molecule has 0 N–H and O–H groups in total. The van der Waals surface area contributed by atoms with Crippen LogP contribution < -0.4 is 0 Å². The van der Waals surface area contributed by atoms with Gasteiger partial charge >= 0.3 is 0 Å². The Labute approximate surface area is 59.7 Å². The van der Waals surface area contributed by atoms with E-state index in [2.05, 4.69) is 0 Å². The van der Waals surface area contributed by atoms with Crippen molar-refractivity contribution in [3.05, 3.63) is 0 Å². The molecule has 2 nitrogen and oxygen atoms in total. The number of halogens is 2. The molecule has 0 spiro atoms. The first-order chi connectivity index (χ1) is 3.66. The third-order valence-corrected chi connectivity index (χ3v) is 2.31. The van der Waals surface area contributed by atoms with Gasteiger partial charge in [0.15, 0.2) is 0 Å². The molecule has 8 heavy (non-hydrogen) atoms. The summed E-state index contributed by atoms with van der Waals surface area (Å²) in [5, 5.41) is -0.433. The predicted octanol–water partition coefficient (Wildman–Crippen LogP) is 0.444. The Bertz CT molecular complexity index is 114. The van der Waals surface area contributed by atoms with Crippen LogP contribution in [0.2, 0.25) is 0 Å². The van der Waals surface area contributed by atoms with E-state index in [-0.39, 0.29) is 11.6 Å². The van der Waals surface area contributed by atoms with Crippen LogP contribution in [0.15, 0.2) is 0 Å². The molecule has 1 atom stereocenters. The molecule has 0 fully saturated rings. The van der Waals surface area contributed by atoms with E-state index >= 15 is 0 Å². The van der Waals surface area contributed by atoms with E-state index in [0.717, 1.165) is 0 Å². The Balaban J connectivity index is 3.39. The summed E-state index contributed by atoms with van der Waals surface area (Å²) in [5.41, 5.74) is 0. The highest BCUT2D eigenvalue weighted by atomic mass is 35.5. The van der Waals surface area contributed by atoms with Gasteiger partial charge in [-0.3, -0.25) is 0 Å². The Kier molecular flexibility index (Phi) is 4.71. The van der Waals surface area contributed by atoms with Crippen LogP contribution in [0.3, 0.4) is 0 Å². The van der Waals surface area contributed by atoms with Crippen molar-refractivity contribution in [1.82, 2.24) is 0 Å². The second-order valence-corrected chi connectivity index (χ2v) is 3.22. The molecule has 0 aromatic heterocycles. The van der Waals surface area contributed by atoms with E-state index in [0.29, 0.717) is 0 Å². The second-order valence-electron chi connectivity index (χ2n) is 1.27. The molecule has 0 aliphatic carbocycles. The fraction of sp³-hybridized carbons (Fsp3) is 1.00. The first-order valence-electron chi connectivity index (χ1n) is 1.98. The largest absolute Gasteiger partial charge is 0.232 e. The lowest BCUT2D eigenvalue weighted by Crippen LogP contribution is -2.07. The topological polar surface area (TPSA) is 34.1 Å². The Hall–Kier alpha value is 0.530. The SMILES string of the molecule is O=[SH](=O)CC(Cl)CCl. The molecule has 0 radical (unpaired) electrons. The van der Waals surface area contributed by atoms with Gasteiger partial charge in [-0.15, -0.1) is 23.2 Å². The van der Waals surface area contributed by atoms with Gasteiger partial charge in [0.25, 0.3) is 0 Å². The summed E-state index contributed by atoms with van der Waals surface area (Å²) in [6.45, 7) is 0. The maximum Gasteiger partial charge on any atom is 0.141 e. The second kappa shape index (κ2) is 4.41. The maximum absolute atomic E-state index is 9.86. The molecule has 0 aliphatic rings. The monoisotopic (exact) mass is 176 g/mol. The summed E-state index contributed by atoms with van der Waals surface area (Å²) in [6, 6.07) is 0. The van der Waals surface area contributed by atoms with Crippen molar-refractivity contribution in [2.45, 2.75) is 5.38 Å². The van der Waals surface area contributed by atoms with Crippen molar-refractivity contribution < 1.29 is 8.42 Å². The predicted molar refractivity (Wildman–Crippen MR) is 35.5 cm³/mol. The quantitative estimate of drug-likeness (QED) is 0.501. The van der Waals surface area contributed by atoms with E-state index in [4.69, 9.17) is 23.2 Å². The van der Waals surface area contributed by atoms with Gasteiger partial charge < -0.3 is 0 Å². The first-order valence-corrected chi connectivity index (χ1v) is 4.32. The molecule has 0 heterocycles. The van der Waals surface area contributed by atoms with Crippen LogP contribution >= 0.6 is 23.2 Å². The average molecular weight is 177 g/mol. The molecule has 0 rings (SSSR count). The highest BCUT2D eigenvalue weighted by Crippen LogP contribution is 1.97. The molecule has 0 amide bonds. The van der Waals surface area contributed by atoms with E-state index in [1.807, 2.05) is 0 Å². The van der Waals surface area contributed by atoms with Gasteiger partial charge in [-0.25, -0.2) is 8.42 Å². The average Bonchev–Trinajstić information content (AvgIpc) is 1.65. The zero-order valence-corrected chi connectivity index (χ0v) is 6.42. The number of hydrogen-bond donors (Lipinski definition) is 1. The van der Waals surface area contributed by atoms with Gasteiger partial charge in [0.05, 0.1) is 11.1 Å². The van der Waals surface area contributed by atoms with Crippen LogP contribution in [0.5, 0.6) is 0 Å². The Morgan fingerprint density at radius 2 is 2.00 bits per heavy atom. The smallest absolute Gasteiger partial charge is 0.141 e. The van der Waals surface area contributed by atoms with Gasteiger partial charge in [0.2, 0.25) is 0 Å². The van der Waals surface area contributed by atoms with Gasteiger partial charge in [0.1, 0.15) is 10.7 Å². The van der Waals surface area contributed by atoms with Crippen molar-refractivity contribution in [2.75, 3.05) is 11.6 Å². The Morgan fingerprint density at radius 1 is 1.50 bits per heavy atom. The summed E-state index contributed by atoms with van der Waals surface area (Å²) in [4.78, 5) is 0. The fourth-order valence-electron chi connectivity index (χ4n) is 0.211. The van der Waals surface area contributed by atoms with Crippen LogP contribution in [0.25, 0.3) is 0 Å². The minimum absolute atomic E-state index is 0.0274. The minimum atomic E-state index is -2.36. The van der Waals surface area contributed by atoms with Gasteiger partial charge in [0, 0.05) is 5.88 Å². The third-order valence-electron chi connectivity index (χ3n) is 0.515. The summed E-state index contributed by atoms with van der Waals surface area (Å²) in [6.07, 6.45) is 0. The normalized spacial score (nSPS) is 14.4. The van der Waals surface area contributed by atoms with Crippen molar-refractivity contribution in [1.29, 1.82) is 0 Å². The lowest BCUT2D eigenvalue weighted by molar-refractivity contribution is 0.613. The van der Waals surface area contributed by atoms with Crippen molar-refractivity contribution in [3.63, 3.8) is 0 Å². The molecular formula is C3H6Cl2O2S. The molecule has 0 aromatic carbocycles. The van der Waals surface area contributed by atoms with Crippen molar-refractivity contribution in [2.24, 2.45) is 0 Å². The van der Waals surface area contributed by atoms with Crippen molar-refractivity contribution in [3.8, 4) is 0 Å². The molecule has 5 heteroatoms. The number of thiol groups is 1. The lowest BCUT2D eigenvalue weighted by Gasteiger charge is -1.94. The number of rotatable bonds is 3. The molecule has 0 saturated heterocycles. The van der Waals surface area contributed by atoms with E-state index in [1.54, 1.807) is 0 Å². The van der Waals surface area contributed by atoms with Gasteiger partial charge in [-0.2, -0.15) is 0 Å². The van der Waals surface area contributed by atoms with E-state index in [9.17, 15) is 8.42 Å². The maximum atomic E-state index is 9.86. The summed E-state index contributed by atoms with van der Waals surface area (Å²) >= 11 is 10.5. The highest BCUT2D eigenvalue weighted by molar-refractivity contribution is 7.72. The van der Waals surface area contributed by atoms with Gasteiger partial charge in [-0.05, 0) is 0 Å². The molecule has 0 aliphatic heterocycles. The molecule has 1 unspecified atom stereocenters. The minimum Gasteiger partial charge on any atom is -0.232 e. The van der Waals surface area contributed by atoms with E-state index in [1.165, 1.54) is 0 Å². The third kappa shape index (κ3) is 4.68. The molecular weight excluding hydrogens is 171 g/mol. The molecule has 50 valence electrons. The fourth-order valence-corrected chi connectivity index (χ4v) is 1.26. The first kappa shape index (κ1) is 8.53. The Morgan fingerprint density at radius 3 is 2.12 bits per heavy atom. The molecule has 0 aromatic rings. The van der Waals surface area contributed by atoms with Crippen LogP contribution in [-0.2, 0) is 10.7 Å².